The molecular weight excluding hydrogens is 349 g/mol. The van der Waals surface area contributed by atoms with Crippen molar-refractivity contribution in [1.29, 1.82) is 0 Å². The van der Waals surface area contributed by atoms with Gasteiger partial charge in [0.2, 0.25) is 11.9 Å². The largest absolute Gasteiger partial charge is 0.327 e. The number of hydrogen-bond donors (Lipinski definition) is 2. The molecule has 0 spiro atoms. The SMILES string of the molecule is Cl.Cl.NC1C2CCCC1CC(C(=O)Nc1nnc3ccccn13)C2. The van der Waals surface area contributed by atoms with Crippen molar-refractivity contribution in [3.05, 3.63) is 24.4 Å². The van der Waals surface area contributed by atoms with Gasteiger partial charge in [0, 0.05) is 18.2 Å². The summed E-state index contributed by atoms with van der Waals surface area (Å²) in [6.45, 7) is 0. The second-order valence-electron chi connectivity index (χ2n) is 6.64. The third-order valence-corrected chi connectivity index (χ3v) is 5.33. The maximum Gasteiger partial charge on any atom is 0.235 e. The van der Waals surface area contributed by atoms with Crippen LogP contribution in [0.1, 0.15) is 32.1 Å². The van der Waals surface area contributed by atoms with E-state index < -0.39 is 0 Å². The maximum absolute atomic E-state index is 12.6. The minimum absolute atomic E-state index is 0. The number of nitrogens with zero attached hydrogens (tertiary/aromatic N) is 3. The number of anilines is 1. The van der Waals surface area contributed by atoms with Gasteiger partial charge in [-0.05, 0) is 49.7 Å². The molecule has 0 aliphatic heterocycles. The van der Waals surface area contributed by atoms with Crippen molar-refractivity contribution in [3.8, 4) is 0 Å². The van der Waals surface area contributed by atoms with Gasteiger partial charge in [-0.2, -0.15) is 0 Å². The molecule has 2 aliphatic rings. The number of rotatable bonds is 2. The fourth-order valence-corrected chi connectivity index (χ4v) is 4.14. The van der Waals surface area contributed by atoms with Crippen LogP contribution in [-0.2, 0) is 4.79 Å². The number of pyridine rings is 1. The second kappa shape index (κ2) is 7.68. The number of amides is 1. The van der Waals surface area contributed by atoms with E-state index in [0.717, 1.165) is 31.3 Å². The number of aromatic nitrogens is 3. The van der Waals surface area contributed by atoms with E-state index >= 15 is 0 Å². The summed E-state index contributed by atoms with van der Waals surface area (Å²) in [5, 5.41) is 11.1. The molecule has 6 nitrogen and oxygen atoms in total. The summed E-state index contributed by atoms with van der Waals surface area (Å²) in [5.41, 5.74) is 7.04. The van der Waals surface area contributed by atoms with Crippen LogP contribution in [0, 0.1) is 17.8 Å². The molecule has 24 heavy (non-hydrogen) atoms. The van der Waals surface area contributed by atoms with Gasteiger partial charge in [0.05, 0.1) is 0 Å². The molecule has 2 aliphatic carbocycles. The standard InChI is InChI=1S/C16H21N5O.2ClH/c17-14-10-4-3-5-11(14)9-12(8-10)15(22)18-16-20-19-13-6-1-2-7-21(13)16;;/h1-2,6-7,10-12,14H,3-5,8-9,17H2,(H,18,20,22);2*1H. The summed E-state index contributed by atoms with van der Waals surface area (Å²) >= 11 is 0. The fraction of sp³-hybridized carbons (Fsp3) is 0.562. The van der Waals surface area contributed by atoms with Crippen molar-refractivity contribution < 1.29 is 4.79 Å². The molecule has 0 radical (unpaired) electrons. The highest BCUT2D eigenvalue weighted by molar-refractivity contribution is 5.91. The lowest BCUT2D eigenvalue weighted by molar-refractivity contribution is -0.122. The number of nitrogens with one attached hydrogen (secondary N) is 1. The summed E-state index contributed by atoms with van der Waals surface area (Å²) in [6, 6.07) is 5.95. The zero-order valence-corrected chi connectivity index (χ0v) is 14.9. The lowest BCUT2D eigenvalue weighted by Crippen LogP contribution is -2.48. The average molecular weight is 372 g/mol. The molecule has 132 valence electrons. The first-order valence-electron chi connectivity index (χ1n) is 8.08. The Morgan fingerprint density at radius 3 is 2.58 bits per heavy atom. The van der Waals surface area contributed by atoms with Crippen LogP contribution in [0.2, 0.25) is 0 Å². The predicted octanol–water partition coefficient (Wildman–Crippen LogP) is 2.67. The normalized spacial score (nSPS) is 28.5. The summed E-state index contributed by atoms with van der Waals surface area (Å²) in [7, 11) is 0. The van der Waals surface area contributed by atoms with Gasteiger partial charge in [-0.25, -0.2) is 0 Å². The molecule has 8 heteroatoms. The molecule has 2 fully saturated rings. The van der Waals surface area contributed by atoms with Gasteiger partial charge >= 0.3 is 0 Å². The summed E-state index contributed by atoms with van der Waals surface area (Å²) in [5.74, 6) is 1.60. The minimum Gasteiger partial charge on any atom is -0.327 e. The Kier molecular flexibility index (Phi) is 6.06. The molecule has 0 aromatic carbocycles. The van der Waals surface area contributed by atoms with E-state index in [1.54, 1.807) is 4.40 Å². The first-order valence-corrected chi connectivity index (χ1v) is 8.08. The molecule has 0 saturated heterocycles. The number of halogens is 2. The summed E-state index contributed by atoms with van der Waals surface area (Å²) < 4.78 is 1.80. The van der Waals surface area contributed by atoms with Gasteiger partial charge in [0.1, 0.15) is 0 Å². The number of carbonyl (C=O) groups excluding carboxylic acids is 1. The monoisotopic (exact) mass is 371 g/mol. The van der Waals surface area contributed by atoms with E-state index in [0.29, 0.717) is 17.8 Å². The fourth-order valence-electron chi connectivity index (χ4n) is 4.14. The van der Waals surface area contributed by atoms with Crippen molar-refractivity contribution in [2.45, 2.75) is 38.1 Å². The Morgan fingerprint density at radius 2 is 1.88 bits per heavy atom. The van der Waals surface area contributed by atoms with E-state index in [4.69, 9.17) is 5.73 Å². The van der Waals surface area contributed by atoms with Gasteiger partial charge in [0.25, 0.3) is 0 Å². The number of hydrogen-bond acceptors (Lipinski definition) is 4. The van der Waals surface area contributed by atoms with Crippen LogP contribution in [0.15, 0.2) is 24.4 Å². The summed E-state index contributed by atoms with van der Waals surface area (Å²) in [4.78, 5) is 12.6. The molecule has 2 atom stereocenters. The topological polar surface area (TPSA) is 85.3 Å². The minimum atomic E-state index is 0. The maximum atomic E-state index is 12.6. The smallest absolute Gasteiger partial charge is 0.235 e. The van der Waals surface area contributed by atoms with Crippen molar-refractivity contribution in [2.75, 3.05) is 5.32 Å². The summed E-state index contributed by atoms with van der Waals surface area (Å²) in [6.07, 6.45) is 7.24. The van der Waals surface area contributed by atoms with Crippen LogP contribution in [0.4, 0.5) is 5.95 Å². The Morgan fingerprint density at radius 1 is 1.17 bits per heavy atom. The third kappa shape index (κ3) is 3.36. The first kappa shape index (κ1) is 19.0. The van der Waals surface area contributed by atoms with Gasteiger partial charge in [-0.3, -0.25) is 14.5 Å². The molecule has 2 heterocycles. The Bertz CT molecular complexity index is 693. The second-order valence-corrected chi connectivity index (χ2v) is 6.64. The third-order valence-electron chi connectivity index (χ3n) is 5.33. The zero-order valence-electron chi connectivity index (χ0n) is 13.3. The van der Waals surface area contributed by atoms with Crippen LogP contribution >= 0.6 is 24.8 Å². The van der Waals surface area contributed by atoms with E-state index in [2.05, 4.69) is 15.5 Å². The van der Waals surface area contributed by atoms with Crippen molar-refractivity contribution in [3.63, 3.8) is 0 Å². The van der Waals surface area contributed by atoms with Crippen LogP contribution in [0.5, 0.6) is 0 Å². The molecule has 2 unspecified atom stereocenters. The Hall–Kier alpha value is -1.37. The average Bonchev–Trinajstić information content (AvgIpc) is 2.90. The van der Waals surface area contributed by atoms with Gasteiger partial charge < -0.3 is 5.73 Å². The quantitative estimate of drug-likeness (QED) is 0.849. The lowest BCUT2D eigenvalue weighted by atomic mass is 9.65. The molecule has 2 aromatic heterocycles. The van der Waals surface area contributed by atoms with Crippen LogP contribution in [0.3, 0.4) is 0 Å². The van der Waals surface area contributed by atoms with Gasteiger partial charge in [0.15, 0.2) is 5.65 Å². The number of fused-ring (bicyclic) bond motifs is 3. The molecule has 4 rings (SSSR count). The van der Waals surface area contributed by atoms with E-state index in [1.807, 2.05) is 24.4 Å². The van der Waals surface area contributed by atoms with Crippen molar-refractivity contribution in [1.82, 2.24) is 14.6 Å². The molecule has 1 amide bonds. The predicted molar refractivity (Wildman–Crippen MR) is 97.6 cm³/mol. The van der Waals surface area contributed by atoms with Gasteiger partial charge in [-0.15, -0.1) is 35.0 Å². The molecular formula is C16H23Cl2N5O. The van der Waals surface area contributed by atoms with E-state index in [9.17, 15) is 4.79 Å². The molecule has 2 aromatic rings. The highest BCUT2D eigenvalue weighted by atomic mass is 35.5. The molecule has 2 saturated carbocycles. The van der Waals surface area contributed by atoms with E-state index in [1.165, 1.54) is 6.42 Å². The Balaban J connectivity index is 0.00000104. The van der Waals surface area contributed by atoms with Crippen LogP contribution in [0.25, 0.3) is 5.65 Å². The highest BCUT2D eigenvalue weighted by Gasteiger charge is 2.40. The first-order chi connectivity index (χ1) is 10.7. The number of carbonyl (C=O) groups is 1. The van der Waals surface area contributed by atoms with E-state index in [-0.39, 0.29) is 42.7 Å². The zero-order chi connectivity index (χ0) is 15.1. The number of nitrogens with two attached hydrogens (primary N) is 1. The molecule has 2 bridgehead atoms. The highest BCUT2D eigenvalue weighted by Crippen LogP contribution is 2.42. The van der Waals surface area contributed by atoms with Gasteiger partial charge in [-0.1, -0.05) is 12.5 Å². The lowest BCUT2D eigenvalue weighted by Gasteiger charge is -2.43. The van der Waals surface area contributed by atoms with Crippen LogP contribution < -0.4 is 11.1 Å². The van der Waals surface area contributed by atoms with Crippen molar-refractivity contribution in [2.24, 2.45) is 23.5 Å². The van der Waals surface area contributed by atoms with Crippen molar-refractivity contribution >= 4 is 42.3 Å². The Labute approximate surface area is 153 Å². The molecule has 3 N–H and O–H groups in total. The van der Waals surface area contributed by atoms with Crippen LogP contribution in [-0.4, -0.2) is 26.5 Å².